The average molecular weight is 402 g/mol. The van der Waals surface area contributed by atoms with Gasteiger partial charge >= 0.3 is 5.97 Å². The van der Waals surface area contributed by atoms with Crippen LogP contribution in [-0.4, -0.2) is 30.9 Å². The summed E-state index contributed by atoms with van der Waals surface area (Å²) in [5.41, 5.74) is 0.938. The molecule has 29 heavy (non-hydrogen) atoms. The lowest BCUT2D eigenvalue weighted by molar-refractivity contribution is -0.124. The lowest BCUT2D eigenvalue weighted by Crippen LogP contribution is -2.31. The van der Waals surface area contributed by atoms with Crippen LogP contribution in [0.25, 0.3) is 0 Å². The summed E-state index contributed by atoms with van der Waals surface area (Å²) in [6.45, 7) is 1.57. The van der Waals surface area contributed by atoms with Gasteiger partial charge in [0.25, 0.3) is 5.91 Å². The quantitative estimate of drug-likeness (QED) is 0.754. The number of rotatable bonds is 6. The van der Waals surface area contributed by atoms with Crippen molar-refractivity contribution >= 4 is 23.5 Å². The van der Waals surface area contributed by atoms with Gasteiger partial charge in [-0.3, -0.25) is 9.59 Å². The fourth-order valence-corrected chi connectivity index (χ4v) is 3.15. The second-order valence-corrected chi connectivity index (χ2v) is 6.73. The first-order chi connectivity index (χ1) is 13.8. The van der Waals surface area contributed by atoms with Crippen molar-refractivity contribution in [3.63, 3.8) is 0 Å². The predicted molar refractivity (Wildman–Crippen MR) is 101 cm³/mol. The van der Waals surface area contributed by atoms with Crippen LogP contribution in [0.1, 0.15) is 41.7 Å². The summed E-state index contributed by atoms with van der Waals surface area (Å²) in [7, 11) is 0. The maximum Gasteiger partial charge on any atom is 0.338 e. The molecule has 0 radical (unpaired) electrons. The largest absolute Gasteiger partial charge is 0.452 e. The molecule has 0 spiro atoms. The molecule has 3 rings (SSSR count). The van der Waals surface area contributed by atoms with E-state index in [0.29, 0.717) is 18.7 Å². The Labute approximate surface area is 166 Å². The van der Waals surface area contributed by atoms with E-state index in [1.54, 1.807) is 23.1 Å². The van der Waals surface area contributed by atoms with Crippen LogP contribution in [0.3, 0.4) is 0 Å². The van der Waals surface area contributed by atoms with E-state index in [9.17, 15) is 23.2 Å². The molecule has 0 unspecified atom stereocenters. The fraction of sp³-hybridized carbons (Fsp3) is 0.286. The highest BCUT2D eigenvalue weighted by molar-refractivity contribution is 5.97. The minimum atomic E-state index is -0.775. The number of anilines is 1. The number of nitrogens with zero attached hydrogens (tertiary/aromatic N) is 1. The van der Waals surface area contributed by atoms with Gasteiger partial charge in [0.2, 0.25) is 5.91 Å². The van der Waals surface area contributed by atoms with Crippen molar-refractivity contribution < 1.29 is 27.9 Å². The van der Waals surface area contributed by atoms with Gasteiger partial charge in [-0.05, 0) is 37.6 Å². The third kappa shape index (κ3) is 4.96. The van der Waals surface area contributed by atoms with Crippen LogP contribution in [0.4, 0.5) is 14.5 Å². The number of ether oxygens (including phenoxy) is 1. The number of hydrogen-bond acceptors (Lipinski definition) is 4. The molecule has 8 heteroatoms. The molecule has 1 fully saturated rings. The minimum Gasteiger partial charge on any atom is -0.452 e. The molecule has 0 bridgehead atoms. The second kappa shape index (κ2) is 8.81. The number of carbonyl (C=O) groups is 3. The van der Waals surface area contributed by atoms with E-state index >= 15 is 0 Å². The Morgan fingerprint density at radius 1 is 1.21 bits per heavy atom. The number of halogens is 2. The van der Waals surface area contributed by atoms with E-state index in [1.165, 1.54) is 19.1 Å². The highest BCUT2D eigenvalue weighted by atomic mass is 19.1. The Bertz CT molecular complexity index is 948. The first-order valence-corrected chi connectivity index (χ1v) is 9.17. The summed E-state index contributed by atoms with van der Waals surface area (Å²) in [5, 5.41) is 2.49. The summed E-state index contributed by atoms with van der Waals surface area (Å²) < 4.78 is 31.8. The third-order valence-electron chi connectivity index (χ3n) is 4.61. The first-order valence-electron chi connectivity index (χ1n) is 9.17. The number of amides is 2. The van der Waals surface area contributed by atoms with Crippen LogP contribution in [0.15, 0.2) is 42.5 Å². The van der Waals surface area contributed by atoms with Gasteiger partial charge in [-0.1, -0.05) is 12.1 Å². The smallest absolute Gasteiger partial charge is 0.338 e. The number of benzene rings is 2. The average Bonchev–Trinajstić information content (AvgIpc) is 3.12. The van der Waals surface area contributed by atoms with Crippen molar-refractivity contribution in [1.82, 2.24) is 5.32 Å². The Balaban J connectivity index is 1.56. The molecule has 2 aromatic carbocycles. The molecule has 1 aliphatic heterocycles. The van der Waals surface area contributed by atoms with Gasteiger partial charge in [0, 0.05) is 30.3 Å². The summed E-state index contributed by atoms with van der Waals surface area (Å²) in [6, 6.07) is 8.78. The maximum atomic E-state index is 13.8. The van der Waals surface area contributed by atoms with Crippen molar-refractivity contribution in [3.8, 4) is 0 Å². The van der Waals surface area contributed by atoms with E-state index < -0.39 is 36.2 Å². The Hall–Kier alpha value is -3.29. The van der Waals surface area contributed by atoms with Gasteiger partial charge in [-0.15, -0.1) is 0 Å². The molecule has 0 saturated carbocycles. The van der Waals surface area contributed by atoms with Gasteiger partial charge in [0.05, 0.1) is 11.6 Å². The molecule has 1 aliphatic rings. The van der Waals surface area contributed by atoms with E-state index in [0.717, 1.165) is 18.6 Å². The van der Waals surface area contributed by atoms with Crippen molar-refractivity contribution in [3.05, 3.63) is 65.2 Å². The van der Waals surface area contributed by atoms with Crippen LogP contribution in [0.5, 0.6) is 0 Å². The minimum absolute atomic E-state index is 0.00286. The number of esters is 1. The van der Waals surface area contributed by atoms with Crippen LogP contribution in [0.2, 0.25) is 0 Å². The van der Waals surface area contributed by atoms with E-state index in [2.05, 4.69) is 5.32 Å². The fourth-order valence-electron chi connectivity index (χ4n) is 3.15. The SMILES string of the molecule is C[C@H](NC(=O)COC(=O)c1cccc(N2CCCC2=O)c1)c1ccc(F)cc1F. The topological polar surface area (TPSA) is 75.7 Å². The summed E-state index contributed by atoms with van der Waals surface area (Å²) in [4.78, 5) is 37.7. The number of nitrogens with one attached hydrogen (secondary N) is 1. The van der Waals surface area contributed by atoms with Crippen molar-refractivity contribution in [2.24, 2.45) is 0 Å². The molecule has 0 aliphatic carbocycles. The molecular formula is C21H20F2N2O4. The zero-order chi connectivity index (χ0) is 21.0. The van der Waals surface area contributed by atoms with E-state index in [-0.39, 0.29) is 17.0 Å². The third-order valence-corrected chi connectivity index (χ3v) is 4.61. The van der Waals surface area contributed by atoms with E-state index in [1.807, 2.05) is 0 Å². The standard InChI is InChI=1S/C21H20F2N2O4/c1-13(17-8-7-15(22)11-18(17)23)24-19(26)12-29-21(28)14-4-2-5-16(10-14)25-9-3-6-20(25)27/h2,4-5,7-8,10-11,13H,3,6,9,12H2,1H3,(H,24,26)/t13-/m0/s1. The van der Waals surface area contributed by atoms with E-state index in [4.69, 9.17) is 4.74 Å². The molecule has 0 aromatic heterocycles. The predicted octanol–water partition coefficient (Wildman–Crippen LogP) is 3.13. The Kier molecular flexibility index (Phi) is 6.21. The van der Waals surface area contributed by atoms with Crippen molar-refractivity contribution in [2.45, 2.75) is 25.8 Å². The van der Waals surface area contributed by atoms with Gasteiger partial charge < -0.3 is 15.0 Å². The molecule has 152 valence electrons. The summed E-state index contributed by atoms with van der Waals surface area (Å²) in [6.07, 6.45) is 1.24. The van der Waals surface area contributed by atoms with Crippen molar-refractivity contribution in [1.29, 1.82) is 0 Å². The van der Waals surface area contributed by atoms with Gasteiger partial charge in [-0.2, -0.15) is 0 Å². The normalized spacial score (nSPS) is 14.6. The number of hydrogen-bond donors (Lipinski definition) is 1. The molecule has 2 amide bonds. The highest BCUT2D eigenvalue weighted by Gasteiger charge is 2.23. The van der Waals surface area contributed by atoms with Crippen LogP contribution >= 0.6 is 0 Å². The Morgan fingerprint density at radius 2 is 2.00 bits per heavy atom. The first kappa shape index (κ1) is 20.4. The maximum absolute atomic E-state index is 13.8. The molecular weight excluding hydrogens is 382 g/mol. The molecule has 2 aromatic rings. The van der Waals surface area contributed by atoms with Gasteiger partial charge in [0.1, 0.15) is 11.6 Å². The van der Waals surface area contributed by atoms with Crippen molar-refractivity contribution in [2.75, 3.05) is 18.1 Å². The molecule has 1 saturated heterocycles. The second-order valence-electron chi connectivity index (χ2n) is 6.73. The van der Waals surface area contributed by atoms with Crippen LogP contribution in [-0.2, 0) is 14.3 Å². The lowest BCUT2D eigenvalue weighted by Gasteiger charge is -2.17. The molecule has 6 nitrogen and oxygen atoms in total. The molecule has 1 N–H and O–H groups in total. The zero-order valence-electron chi connectivity index (χ0n) is 15.8. The summed E-state index contributed by atoms with van der Waals surface area (Å²) >= 11 is 0. The zero-order valence-corrected chi connectivity index (χ0v) is 15.8. The number of carbonyl (C=O) groups excluding carboxylic acids is 3. The Morgan fingerprint density at radius 3 is 2.69 bits per heavy atom. The monoisotopic (exact) mass is 402 g/mol. The lowest BCUT2D eigenvalue weighted by atomic mass is 10.1. The van der Waals surface area contributed by atoms with Gasteiger partial charge in [0.15, 0.2) is 6.61 Å². The van der Waals surface area contributed by atoms with Gasteiger partial charge in [-0.25, -0.2) is 13.6 Å². The van der Waals surface area contributed by atoms with Crippen LogP contribution < -0.4 is 10.2 Å². The molecule has 1 atom stereocenters. The highest BCUT2D eigenvalue weighted by Crippen LogP contribution is 2.22. The van der Waals surface area contributed by atoms with Crippen LogP contribution in [0, 0.1) is 11.6 Å². The molecule has 1 heterocycles. The summed E-state index contributed by atoms with van der Waals surface area (Å²) in [5.74, 6) is -2.83.